The summed E-state index contributed by atoms with van der Waals surface area (Å²) in [4.78, 5) is 3.97. The molecule has 0 atom stereocenters. The Bertz CT molecular complexity index is 325. The van der Waals surface area contributed by atoms with Gasteiger partial charge in [-0.05, 0) is 43.6 Å². The normalized spacial score (nSPS) is 17.6. The molecule has 94 valence electrons. The summed E-state index contributed by atoms with van der Waals surface area (Å²) in [5, 5.41) is 0.669. The molecule has 1 aliphatic rings. The Labute approximate surface area is 110 Å². The zero-order valence-corrected chi connectivity index (χ0v) is 11.8. The van der Waals surface area contributed by atoms with Crippen LogP contribution in [0.3, 0.4) is 0 Å². The lowest BCUT2D eigenvalue weighted by atomic mass is 10.1. The summed E-state index contributed by atoms with van der Waals surface area (Å²) in [6.07, 6.45) is 4.17. The summed E-state index contributed by atoms with van der Waals surface area (Å²) in [6.45, 7) is 8.18. The van der Waals surface area contributed by atoms with Gasteiger partial charge in [-0.15, -0.1) is 11.8 Å². The van der Waals surface area contributed by atoms with Gasteiger partial charge in [-0.3, -0.25) is 4.90 Å². The van der Waals surface area contributed by atoms with Crippen LogP contribution < -0.4 is 0 Å². The second kappa shape index (κ2) is 6.46. The Morgan fingerprint density at radius 3 is 2.29 bits per heavy atom. The number of thioether (sulfide) groups is 1. The second-order valence-corrected chi connectivity index (χ2v) is 6.80. The van der Waals surface area contributed by atoms with Gasteiger partial charge in [-0.1, -0.05) is 32.4 Å². The first-order valence-corrected chi connectivity index (χ1v) is 7.60. The molecule has 1 aliphatic heterocycles. The minimum absolute atomic E-state index is 0.669. The molecule has 0 bridgehead atoms. The molecule has 0 aromatic heterocycles. The summed E-state index contributed by atoms with van der Waals surface area (Å²) in [6, 6.07) is 9.12. The lowest BCUT2D eigenvalue weighted by Gasteiger charge is -2.26. The number of hydrogen-bond acceptors (Lipinski definition) is 2. The van der Waals surface area contributed by atoms with Gasteiger partial charge in [0.25, 0.3) is 0 Å². The van der Waals surface area contributed by atoms with Crippen molar-refractivity contribution in [2.24, 2.45) is 0 Å². The molecule has 1 heterocycles. The Balaban J connectivity index is 1.88. The van der Waals surface area contributed by atoms with Crippen LogP contribution in [0.15, 0.2) is 29.2 Å². The smallest absolute Gasteiger partial charge is 0.0233 e. The molecule has 0 spiro atoms. The number of nitrogens with zero attached hydrogens (tertiary/aromatic N) is 1. The van der Waals surface area contributed by atoms with Gasteiger partial charge >= 0.3 is 0 Å². The lowest BCUT2D eigenvalue weighted by molar-refractivity contribution is 0.221. The Morgan fingerprint density at radius 1 is 1.06 bits per heavy atom. The van der Waals surface area contributed by atoms with Gasteiger partial charge in [0, 0.05) is 16.7 Å². The van der Waals surface area contributed by atoms with Crippen LogP contribution >= 0.6 is 11.8 Å². The van der Waals surface area contributed by atoms with E-state index < -0.39 is 0 Å². The van der Waals surface area contributed by atoms with Gasteiger partial charge in [0.1, 0.15) is 0 Å². The third-order valence-electron chi connectivity index (χ3n) is 3.15. The first-order valence-electron chi connectivity index (χ1n) is 6.72. The van der Waals surface area contributed by atoms with Gasteiger partial charge < -0.3 is 0 Å². The molecule has 0 radical (unpaired) electrons. The van der Waals surface area contributed by atoms with E-state index in [1.54, 1.807) is 0 Å². The maximum atomic E-state index is 2.58. The predicted octanol–water partition coefficient (Wildman–Crippen LogP) is 4.17. The SMILES string of the molecule is CC(C)Sc1ccc(CN2CCCCC2)cc1. The first-order chi connectivity index (χ1) is 8.24. The van der Waals surface area contributed by atoms with Crippen molar-refractivity contribution >= 4 is 11.8 Å². The average molecular weight is 249 g/mol. The van der Waals surface area contributed by atoms with Crippen LogP contribution in [0.4, 0.5) is 0 Å². The van der Waals surface area contributed by atoms with Crippen LogP contribution in [0.25, 0.3) is 0 Å². The van der Waals surface area contributed by atoms with Crippen LogP contribution in [0, 0.1) is 0 Å². The summed E-state index contributed by atoms with van der Waals surface area (Å²) in [7, 11) is 0. The molecular weight excluding hydrogens is 226 g/mol. The zero-order chi connectivity index (χ0) is 12.1. The average Bonchev–Trinajstić information content (AvgIpc) is 2.32. The molecule has 1 nitrogen and oxygen atoms in total. The van der Waals surface area contributed by atoms with Gasteiger partial charge in [0.15, 0.2) is 0 Å². The van der Waals surface area contributed by atoms with Crippen molar-refractivity contribution in [2.75, 3.05) is 13.1 Å². The highest BCUT2D eigenvalue weighted by Crippen LogP contribution is 2.23. The van der Waals surface area contributed by atoms with E-state index in [-0.39, 0.29) is 0 Å². The fraction of sp³-hybridized carbons (Fsp3) is 0.600. The fourth-order valence-electron chi connectivity index (χ4n) is 2.32. The highest BCUT2D eigenvalue weighted by Gasteiger charge is 2.10. The summed E-state index contributed by atoms with van der Waals surface area (Å²) in [5.74, 6) is 0. The molecular formula is C15H23NS. The maximum Gasteiger partial charge on any atom is 0.0233 e. The molecule has 1 fully saturated rings. The molecule has 2 rings (SSSR count). The molecule has 0 saturated carbocycles. The number of piperidine rings is 1. The van der Waals surface area contributed by atoms with Crippen LogP contribution in [-0.2, 0) is 6.54 Å². The highest BCUT2D eigenvalue weighted by atomic mass is 32.2. The minimum Gasteiger partial charge on any atom is -0.299 e. The summed E-state index contributed by atoms with van der Waals surface area (Å²) >= 11 is 1.94. The van der Waals surface area contributed by atoms with Crippen LogP contribution in [0.1, 0.15) is 38.7 Å². The zero-order valence-electron chi connectivity index (χ0n) is 11.0. The standard InChI is InChI=1S/C15H23NS/c1-13(2)17-15-8-6-14(7-9-15)12-16-10-4-3-5-11-16/h6-9,13H,3-5,10-12H2,1-2H3. The van der Waals surface area contributed by atoms with Gasteiger partial charge in [0.2, 0.25) is 0 Å². The van der Waals surface area contributed by atoms with Gasteiger partial charge in [-0.25, -0.2) is 0 Å². The summed E-state index contributed by atoms with van der Waals surface area (Å²) < 4.78 is 0. The van der Waals surface area contributed by atoms with Crippen molar-refractivity contribution in [3.8, 4) is 0 Å². The van der Waals surface area contributed by atoms with Crippen molar-refractivity contribution in [3.05, 3.63) is 29.8 Å². The van der Waals surface area contributed by atoms with E-state index in [9.17, 15) is 0 Å². The molecule has 0 aliphatic carbocycles. The third kappa shape index (κ3) is 4.36. The number of benzene rings is 1. The van der Waals surface area contributed by atoms with E-state index in [1.807, 2.05) is 11.8 Å². The number of hydrogen-bond donors (Lipinski definition) is 0. The molecule has 1 aromatic carbocycles. The Morgan fingerprint density at radius 2 is 1.71 bits per heavy atom. The molecule has 17 heavy (non-hydrogen) atoms. The minimum atomic E-state index is 0.669. The lowest BCUT2D eigenvalue weighted by Crippen LogP contribution is -2.28. The largest absolute Gasteiger partial charge is 0.299 e. The van der Waals surface area contributed by atoms with Crippen LogP contribution in [-0.4, -0.2) is 23.2 Å². The fourth-order valence-corrected chi connectivity index (χ4v) is 3.16. The molecule has 0 N–H and O–H groups in total. The van der Waals surface area contributed by atoms with Crippen LogP contribution in [0.5, 0.6) is 0 Å². The molecule has 2 heteroatoms. The van der Waals surface area contributed by atoms with Crippen LogP contribution in [0.2, 0.25) is 0 Å². The summed E-state index contributed by atoms with van der Waals surface area (Å²) in [5.41, 5.74) is 1.46. The third-order valence-corrected chi connectivity index (χ3v) is 4.17. The molecule has 1 saturated heterocycles. The topological polar surface area (TPSA) is 3.24 Å². The Kier molecular flexibility index (Phi) is 4.93. The van der Waals surface area contributed by atoms with Gasteiger partial charge in [-0.2, -0.15) is 0 Å². The van der Waals surface area contributed by atoms with Crippen molar-refractivity contribution in [1.29, 1.82) is 0 Å². The first kappa shape index (κ1) is 13.0. The molecule has 1 aromatic rings. The van der Waals surface area contributed by atoms with Crippen molar-refractivity contribution < 1.29 is 0 Å². The quantitative estimate of drug-likeness (QED) is 0.737. The van der Waals surface area contributed by atoms with Crippen molar-refractivity contribution in [3.63, 3.8) is 0 Å². The van der Waals surface area contributed by atoms with E-state index in [0.29, 0.717) is 5.25 Å². The molecule has 0 unspecified atom stereocenters. The van der Waals surface area contributed by atoms with E-state index in [0.717, 1.165) is 6.54 Å². The molecule has 0 amide bonds. The van der Waals surface area contributed by atoms with Crippen molar-refractivity contribution in [2.45, 2.75) is 49.8 Å². The predicted molar refractivity (Wildman–Crippen MR) is 76.6 cm³/mol. The Hall–Kier alpha value is -0.470. The van der Waals surface area contributed by atoms with Crippen molar-refractivity contribution in [1.82, 2.24) is 4.90 Å². The van der Waals surface area contributed by atoms with E-state index in [4.69, 9.17) is 0 Å². The van der Waals surface area contributed by atoms with Gasteiger partial charge in [0.05, 0.1) is 0 Å². The second-order valence-electron chi connectivity index (χ2n) is 5.15. The van der Waals surface area contributed by atoms with E-state index >= 15 is 0 Å². The maximum absolute atomic E-state index is 2.58. The monoisotopic (exact) mass is 249 g/mol. The van der Waals surface area contributed by atoms with E-state index in [2.05, 4.69) is 43.0 Å². The highest BCUT2D eigenvalue weighted by molar-refractivity contribution is 7.99. The number of rotatable bonds is 4. The van der Waals surface area contributed by atoms with E-state index in [1.165, 1.54) is 42.8 Å². The number of likely N-dealkylation sites (tertiary alicyclic amines) is 1.